The van der Waals surface area contributed by atoms with Gasteiger partial charge in [0, 0.05) is 11.9 Å². The summed E-state index contributed by atoms with van der Waals surface area (Å²) < 4.78 is 0. The standard InChI is InChI=1S/C8H11NS/c1-3-6-7(4-2)9-5-8(6)10/h5H,3-4H2,1-2H3. The van der Waals surface area contributed by atoms with Crippen LogP contribution in [0.2, 0.25) is 0 Å². The first-order valence-corrected chi connectivity index (χ1v) is 4.00. The van der Waals surface area contributed by atoms with Crippen LogP contribution < -0.4 is 0 Å². The van der Waals surface area contributed by atoms with Gasteiger partial charge in [0.25, 0.3) is 0 Å². The van der Waals surface area contributed by atoms with Crippen molar-refractivity contribution >= 4 is 23.3 Å². The Morgan fingerprint density at radius 1 is 1.40 bits per heavy atom. The Balaban J connectivity index is 2.90. The molecule has 0 aromatic carbocycles. The topological polar surface area (TPSA) is 12.4 Å². The molecule has 0 atom stereocenters. The van der Waals surface area contributed by atoms with E-state index in [4.69, 9.17) is 12.2 Å². The van der Waals surface area contributed by atoms with E-state index in [9.17, 15) is 0 Å². The van der Waals surface area contributed by atoms with Crippen molar-refractivity contribution in [2.45, 2.75) is 26.7 Å². The summed E-state index contributed by atoms with van der Waals surface area (Å²) in [5, 5.41) is 0. The lowest BCUT2D eigenvalue weighted by atomic mass is 10.1. The molecule has 0 bridgehead atoms. The maximum absolute atomic E-state index is 5.08. The fourth-order valence-corrected chi connectivity index (χ4v) is 1.43. The maximum Gasteiger partial charge on any atom is 0.0610 e. The molecule has 1 heterocycles. The van der Waals surface area contributed by atoms with Gasteiger partial charge in [-0.15, -0.1) is 0 Å². The zero-order chi connectivity index (χ0) is 7.56. The number of aliphatic imine (C=N–C) groups is 1. The van der Waals surface area contributed by atoms with Crippen molar-refractivity contribution in [2.24, 2.45) is 4.99 Å². The van der Waals surface area contributed by atoms with Crippen molar-refractivity contribution in [1.29, 1.82) is 0 Å². The number of rotatable bonds is 2. The fourth-order valence-electron chi connectivity index (χ4n) is 1.12. The van der Waals surface area contributed by atoms with Crippen molar-refractivity contribution in [3.8, 4) is 0 Å². The van der Waals surface area contributed by atoms with E-state index in [1.165, 1.54) is 11.3 Å². The normalized spacial score (nSPS) is 17.2. The molecular formula is C8H11NS. The lowest BCUT2D eigenvalue weighted by Gasteiger charge is -1.97. The quantitative estimate of drug-likeness (QED) is 0.555. The molecule has 0 amide bonds. The summed E-state index contributed by atoms with van der Waals surface area (Å²) in [7, 11) is 0. The third-order valence-corrected chi connectivity index (χ3v) is 2.02. The maximum atomic E-state index is 5.08. The molecule has 1 aliphatic heterocycles. The molecule has 1 rings (SSSR count). The van der Waals surface area contributed by atoms with Crippen molar-refractivity contribution in [1.82, 2.24) is 0 Å². The summed E-state index contributed by atoms with van der Waals surface area (Å²) in [4.78, 5) is 5.13. The highest BCUT2D eigenvalue weighted by Crippen LogP contribution is 2.19. The van der Waals surface area contributed by atoms with E-state index in [2.05, 4.69) is 18.8 Å². The van der Waals surface area contributed by atoms with Crippen molar-refractivity contribution < 1.29 is 0 Å². The Morgan fingerprint density at radius 2 is 2.10 bits per heavy atom. The van der Waals surface area contributed by atoms with Crippen LogP contribution >= 0.6 is 12.2 Å². The highest BCUT2D eigenvalue weighted by atomic mass is 32.1. The van der Waals surface area contributed by atoms with E-state index in [-0.39, 0.29) is 0 Å². The first-order valence-electron chi connectivity index (χ1n) is 3.60. The first-order chi connectivity index (χ1) is 4.79. The molecular weight excluding hydrogens is 142 g/mol. The monoisotopic (exact) mass is 153 g/mol. The van der Waals surface area contributed by atoms with Crippen LogP contribution in [-0.2, 0) is 0 Å². The minimum Gasteiger partial charge on any atom is -0.259 e. The zero-order valence-corrected chi connectivity index (χ0v) is 7.16. The van der Waals surface area contributed by atoms with Gasteiger partial charge in [0.05, 0.1) is 4.86 Å². The Labute approximate surface area is 66.9 Å². The minimum atomic E-state index is 0.930. The highest BCUT2D eigenvalue weighted by Gasteiger charge is 2.11. The smallest absolute Gasteiger partial charge is 0.0610 e. The van der Waals surface area contributed by atoms with E-state index < -0.39 is 0 Å². The molecule has 0 spiro atoms. The molecule has 0 unspecified atom stereocenters. The van der Waals surface area contributed by atoms with Gasteiger partial charge in [0.2, 0.25) is 0 Å². The van der Waals surface area contributed by atoms with E-state index >= 15 is 0 Å². The van der Waals surface area contributed by atoms with Gasteiger partial charge < -0.3 is 0 Å². The number of hydrogen-bond donors (Lipinski definition) is 0. The molecule has 54 valence electrons. The second-order valence-electron chi connectivity index (χ2n) is 2.25. The molecule has 0 aliphatic carbocycles. The van der Waals surface area contributed by atoms with Crippen LogP contribution in [0.4, 0.5) is 0 Å². The van der Waals surface area contributed by atoms with Gasteiger partial charge in [-0.1, -0.05) is 26.1 Å². The second-order valence-corrected chi connectivity index (χ2v) is 2.69. The Kier molecular flexibility index (Phi) is 2.33. The number of nitrogens with zero attached hydrogens (tertiary/aromatic N) is 1. The lowest BCUT2D eigenvalue weighted by molar-refractivity contribution is 1.02. The van der Waals surface area contributed by atoms with Gasteiger partial charge in [-0.2, -0.15) is 0 Å². The van der Waals surface area contributed by atoms with Crippen LogP contribution in [-0.4, -0.2) is 11.1 Å². The highest BCUT2D eigenvalue weighted by molar-refractivity contribution is 7.82. The molecule has 0 aromatic rings. The number of thiocarbonyl (C=S) groups is 1. The van der Waals surface area contributed by atoms with Gasteiger partial charge in [-0.25, -0.2) is 0 Å². The Bertz CT molecular complexity index is 207. The number of hydrogen-bond acceptors (Lipinski definition) is 2. The van der Waals surface area contributed by atoms with Crippen LogP contribution in [0.3, 0.4) is 0 Å². The van der Waals surface area contributed by atoms with Crippen molar-refractivity contribution in [2.75, 3.05) is 0 Å². The van der Waals surface area contributed by atoms with Crippen LogP contribution in [0.25, 0.3) is 0 Å². The largest absolute Gasteiger partial charge is 0.259 e. The van der Waals surface area contributed by atoms with E-state index in [1.54, 1.807) is 6.21 Å². The predicted molar refractivity (Wildman–Crippen MR) is 48.7 cm³/mol. The van der Waals surface area contributed by atoms with Crippen molar-refractivity contribution in [3.05, 3.63) is 11.3 Å². The van der Waals surface area contributed by atoms with Gasteiger partial charge in [0.15, 0.2) is 0 Å². The van der Waals surface area contributed by atoms with E-state index in [1.807, 2.05) is 0 Å². The molecule has 0 saturated heterocycles. The van der Waals surface area contributed by atoms with Crippen LogP contribution in [0, 0.1) is 0 Å². The molecule has 2 heteroatoms. The van der Waals surface area contributed by atoms with E-state index in [0.717, 1.165) is 17.7 Å². The van der Waals surface area contributed by atoms with Crippen LogP contribution in [0.15, 0.2) is 16.3 Å². The Hall–Kier alpha value is -0.500. The summed E-state index contributed by atoms with van der Waals surface area (Å²) in [5.41, 5.74) is 2.44. The second kappa shape index (κ2) is 3.06. The Morgan fingerprint density at radius 3 is 2.50 bits per heavy atom. The summed E-state index contributed by atoms with van der Waals surface area (Å²) >= 11 is 5.08. The SMILES string of the molecule is CCC1=C(CC)C(=S)C=N1. The average Bonchev–Trinajstić information content (AvgIpc) is 2.30. The molecule has 0 fully saturated rings. The molecule has 0 aromatic heterocycles. The third kappa shape index (κ3) is 1.16. The molecule has 1 aliphatic rings. The molecule has 1 nitrogen and oxygen atoms in total. The lowest BCUT2D eigenvalue weighted by Crippen LogP contribution is -1.94. The third-order valence-electron chi connectivity index (χ3n) is 1.67. The zero-order valence-electron chi connectivity index (χ0n) is 6.35. The fraction of sp³-hybridized carbons (Fsp3) is 0.500. The summed E-state index contributed by atoms with van der Waals surface area (Å²) in [6, 6.07) is 0. The minimum absolute atomic E-state index is 0.930. The predicted octanol–water partition coefficient (Wildman–Crippen LogP) is 2.51. The van der Waals surface area contributed by atoms with E-state index in [0.29, 0.717) is 0 Å². The van der Waals surface area contributed by atoms with Crippen LogP contribution in [0.1, 0.15) is 26.7 Å². The van der Waals surface area contributed by atoms with Crippen molar-refractivity contribution in [3.63, 3.8) is 0 Å². The van der Waals surface area contributed by atoms with Gasteiger partial charge in [-0.3, -0.25) is 4.99 Å². The molecule has 0 saturated carbocycles. The molecule has 0 N–H and O–H groups in total. The first kappa shape index (κ1) is 7.61. The van der Waals surface area contributed by atoms with Gasteiger partial charge in [0.1, 0.15) is 0 Å². The molecule has 0 radical (unpaired) electrons. The summed E-state index contributed by atoms with van der Waals surface area (Å²) in [6.45, 7) is 4.22. The van der Waals surface area contributed by atoms with Gasteiger partial charge in [-0.05, 0) is 18.4 Å². The molecule has 10 heavy (non-hydrogen) atoms. The number of allylic oxidation sites excluding steroid dienone is 2. The van der Waals surface area contributed by atoms with Crippen LogP contribution in [0.5, 0.6) is 0 Å². The van der Waals surface area contributed by atoms with Gasteiger partial charge >= 0.3 is 0 Å². The summed E-state index contributed by atoms with van der Waals surface area (Å²) in [5.74, 6) is 0. The average molecular weight is 153 g/mol. The summed E-state index contributed by atoms with van der Waals surface area (Å²) in [6.07, 6.45) is 3.80.